The molecular formula is C8H12N2. The fourth-order valence-electron chi connectivity index (χ4n) is 1.85. The fourth-order valence-corrected chi connectivity index (χ4v) is 1.85. The minimum atomic E-state index is 0.616. The first-order valence-electron chi connectivity index (χ1n) is 3.80. The second kappa shape index (κ2) is 1.84. The first-order valence-corrected chi connectivity index (χ1v) is 3.80. The number of fused-ring (bicyclic) bond motifs is 1. The molecule has 0 radical (unpaired) electrons. The summed E-state index contributed by atoms with van der Waals surface area (Å²) in [7, 11) is 0. The summed E-state index contributed by atoms with van der Waals surface area (Å²) in [6.45, 7) is 4.44. The van der Waals surface area contributed by atoms with Gasteiger partial charge in [0.05, 0.1) is 12.1 Å². The van der Waals surface area contributed by atoms with Crippen LogP contribution in [0.15, 0.2) is 17.3 Å². The lowest BCUT2D eigenvalue weighted by atomic mass is 9.84. The monoisotopic (exact) mass is 136 g/mol. The molecule has 0 aromatic heterocycles. The Kier molecular flexibility index (Phi) is 1.10. The van der Waals surface area contributed by atoms with E-state index in [2.05, 4.69) is 30.0 Å². The third kappa shape index (κ3) is 0.564. The average Bonchev–Trinajstić information content (AvgIpc) is 2.22. The Morgan fingerprint density at radius 2 is 2.00 bits per heavy atom. The first kappa shape index (κ1) is 5.96. The van der Waals surface area contributed by atoms with Crippen LogP contribution in [-0.4, -0.2) is 23.3 Å². The maximum Gasteiger partial charge on any atom is 0.0528 e. The third-order valence-electron chi connectivity index (χ3n) is 2.57. The van der Waals surface area contributed by atoms with Crippen LogP contribution in [0.1, 0.15) is 13.8 Å². The van der Waals surface area contributed by atoms with Crippen LogP contribution in [0, 0.1) is 5.92 Å². The van der Waals surface area contributed by atoms with E-state index in [9.17, 15) is 0 Å². The quantitative estimate of drug-likeness (QED) is 0.489. The van der Waals surface area contributed by atoms with Crippen molar-refractivity contribution in [2.75, 3.05) is 0 Å². The van der Waals surface area contributed by atoms with Crippen LogP contribution in [0.5, 0.6) is 0 Å². The van der Waals surface area contributed by atoms with Gasteiger partial charge in [-0.3, -0.25) is 5.01 Å². The van der Waals surface area contributed by atoms with Crippen molar-refractivity contribution in [2.24, 2.45) is 11.0 Å². The fraction of sp³-hybridized carbons (Fsp3) is 0.625. The van der Waals surface area contributed by atoms with Crippen molar-refractivity contribution in [3.63, 3.8) is 0 Å². The van der Waals surface area contributed by atoms with Crippen LogP contribution in [0.25, 0.3) is 0 Å². The molecule has 3 heterocycles. The summed E-state index contributed by atoms with van der Waals surface area (Å²) in [5, 5.41) is 6.43. The second-order valence-corrected chi connectivity index (χ2v) is 3.09. The van der Waals surface area contributed by atoms with E-state index in [1.807, 2.05) is 12.3 Å². The van der Waals surface area contributed by atoms with Gasteiger partial charge in [0, 0.05) is 12.1 Å². The van der Waals surface area contributed by atoms with Gasteiger partial charge in [-0.2, -0.15) is 5.10 Å². The second-order valence-electron chi connectivity index (χ2n) is 3.09. The largest absolute Gasteiger partial charge is 0.290 e. The lowest BCUT2D eigenvalue weighted by Gasteiger charge is -2.48. The van der Waals surface area contributed by atoms with Gasteiger partial charge in [-0.05, 0) is 19.9 Å². The normalized spacial score (nSPS) is 43.0. The molecule has 1 fully saturated rings. The smallest absolute Gasteiger partial charge is 0.0528 e. The van der Waals surface area contributed by atoms with Gasteiger partial charge < -0.3 is 0 Å². The minimum Gasteiger partial charge on any atom is -0.290 e. The highest BCUT2D eigenvalue weighted by atomic mass is 15.5. The highest BCUT2D eigenvalue weighted by Crippen LogP contribution is 2.34. The van der Waals surface area contributed by atoms with E-state index in [0.29, 0.717) is 12.1 Å². The molecular weight excluding hydrogens is 124 g/mol. The van der Waals surface area contributed by atoms with E-state index < -0.39 is 0 Å². The van der Waals surface area contributed by atoms with Gasteiger partial charge in [0.15, 0.2) is 0 Å². The molecule has 0 aromatic carbocycles. The highest BCUT2D eigenvalue weighted by molar-refractivity contribution is 5.71. The Labute approximate surface area is 61.2 Å². The van der Waals surface area contributed by atoms with E-state index in [-0.39, 0.29) is 0 Å². The number of nitrogens with zero attached hydrogens (tertiary/aromatic N) is 2. The number of hydrogen-bond acceptors (Lipinski definition) is 2. The SMILES string of the molecule is CC1C2C=CC=NN1C2C. The molecule has 2 atom stereocenters. The minimum absolute atomic E-state index is 0.616. The average molecular weight is 136 g/mol. The zero-order valence-electron chi connectivity index (χ0n) is 6.36. The summed E-state index contributed by atoms with van der Waals surface area (Å²) in [5.74, 6) is 0.725. The van der Waals surface area contributed by atoms with Gasteiger partial charge in [0.25, 0.3) is 0 Å². The topological polar surface area (TPSA) is 15.6 Å². The molecule has 2 nitrogen and oxygen atoms in total. The molecule has 54 valence electrons. The predicted molar refractivity (Wildman–Crippen MR) is 41.9 cm³/mol. The van der Waals surface area contributed by atoms with Gasteiger partial charge >= 0.3 is 0 Å². The van der Waals surface area contributed by atoms with Crippen LogP contribution in [0.3, 0.4) is 0 Å². The van der Waals surface area contributed by atoms with E-state index in [4.69, 9.17) is 0 Å². The number of hydrogen-bond donors (Lipinski definition) is 0. The van der Waals surface area contributed by atoms with Crippen LogP contribution < -0.4 is 0 Å². The summed E-state index contributed by atoms with van der Waals surface area (Å²) in [4.78, 5) is 0. The van der Waals surface area contributed by atoms with Crippen LogP contribution in [-0.2, 0) is 0 Å². The maximum atomic E-state index is 4.27. The standard InChI is InChI=1S/C8H12N2/c1-6-8-4-3-5-9-10(6)7(8)2/h3-8H,1-2H3. The highest BCUT2D eigenvalue weighted by Gasteiger charge is 2.41. The Balaban J connectivity index is 2.27. The summed E-state index contributed by atoms with van der Waals surface area (Å²) in [6, 6.07) is 1.23. The van der Waals surface area contributed by atoms with Crippen molar-refractivity contribution in [1.29, 1.82) is 0 Å². The molecule has 1 saturated heterocycles. The van der Waals surface area contributed by atoms with E-state index >= 15 is 0 Å². The van der Waals surface area contributed by atoms with Crippen molar-refractivity contribution >= 4 is 6.21 Å². The summed E-state index contributed by atoms with van der Waals surface area (Å²) >= 11 is 0. The third-order valence-corrected chi connectivity index (χ3v) is 2.57. The molecule has 0 aromatic rings. The Hall–Kier alpha value is -0.790. The van der Waals surface area contributed by atoms with Crippen molar-refractivity contribution < 1.29 is 0 Å². The van der Waals surface area contributed by atoms with E-state index in [1.54, 1.807) is 0 Å². The molecule has 0 N–H and O–H groups in total. The number of hydrazone groups is 1. The van der Waals surface area contributed by atoms with Crippen molar-refractivity contribution in [2.45, 2.75) is 25.9 Å². The molecule has 0 aliphatic carbocycles. The van der Waals surface area contributed by atoms with Crippen molar-refractivity contribution in [3.05, 3.63) is 12.2 Å². The molecule has 3 aliphatic rings. The van der Waals surface area contributed by atoms with Gasteiger partial charge in [-0.1, -0.05) is 6.08 Å². The van der Waals surface area contributed by atoms with E-state index in [1.165, 1.54) is 0 Å². The summed E-state index contributed by atoms with van der Waals surface area (Å²) < 4.78 is 0. The zero-order chi connectivity index (χ0) is 7.14. The molecule has 0 saturated carbocycles. The van der Waals surface area contributed by atoms with Gasteiger partial charge in [0.1, 0.15) is 0 Å². The van der Waals surface area contributed by atoms with E-state index in [0.717, 1.165) is 5.92 Å². The predicted octanol–water partition coefficient (Wildman–Crippen LogP) is 1.25. The maximum absolute atomic E-state index is 4.27. The van der Waals surface area contributed by atoms with Crippen LogP contribution in [0.4, 0.5) is 0 Å². The van der Waals surface area contributed by atoms with Crippen LogP contribution >= 0.6 is 0 Å². The van der Waals surface area contributed by atoms with Crippen LogP contribution in [0.2, 0.25) is 0 Å². The molecule has 3 aliphatic heterocycles. The Morgan fingerprint density at radius 1 is 1.30 bits per heavy atom. The number of allylic oxidation sites excluding steroid dienone is 1. The Bertz CT molecular complexity index is 165. The molecule has 2 unspecified atom stereocenters. The zero-order valence-corrected chi connectivity index (χ0v) is 6.36. The first-order chi connectivity index (χ1) is 4.80. The molecule has 2 heteroatoms. The molecule has 10 heavy (non-hydrogen) atoms. The molecule has 0 amide bonds. The lowest BCUT2D eigenvalue weighted by molar-refractivity contribution is -0.00574. The molecule has 0 spiro atoms. The molecule has 3 rings (SSSR count). The summed E-state index contributed by atoms with van der Waals surface area (Å²) in [6.07, 6.45) is 6.17. The van der Waals surface area contributed by atoms with Gasteiger partial charge in [0.2, 0.25) is 0 Å². The lowest BCUT2D eigenvalue weighted by Crippen LogP contribution is -2.56. The molecule has 2 bridgehead atoms. The summed E-state index contributed by atoms with van der Waals surface area (Å²) in [5.41, 5.74) is 0. The van der Waals surface area contributed by atoms with Crippen molar-refractivity contribution in [3.8, 4) is 0 Å². The Morgan fingerprint density at radius 3 is 2.70 bits per heavy atom. The van der Waals surface area contributed by atoms with Gasteiger partial charge in [-0.25, -0.2) is 0 Å². The number of rotatable bonds is 0. The van der Waals surface area contributed by atoms with Gasteiger partial charge in [-0.15, -0.1) is 0 Å². The van der Waals surface area contributed by atoms with Crippen molar-refractivity contribution in [1.82, 2.24) is 5.01 Å².